The molecule has 6 nitrogen and oxygen atoms in total. The van der Waals surface area contributed by atoms with Crippen LogP contribution in [0.3, 0.4) is 0 Å². The molecule has 2 N–H and O–H groups in total. The third-order valence-corrected chi connectivity index (χ3v) is 7.21. The standard InChI is InChI=1S/C27H23BrN4O2S/c1-16-15-21(17(2)31(16)23-9-4-3-7-20(23)26(33)34)25-24(22-8-5-6-14-29-22)30-27(35)32(25)19-12-10-18(28)11-13-19/h3-15,24-25H,1-2H3,(H,30,35)(H,33,34). The first-order chi connectivity index (χ1) is 16.9. The van der Waals surface area contributed by atoms with Gasteiger partial charge in [-0.2, -0.15) is 0 Å². The van der Waals surface area contributed by atoms with Crippen molar-refractivity contribution in [3.05, 3.63) is 112 Å². The molecule has 0 amide bonds. The van der Waals surface area contributed by atoms with Gasteiger partial charge in [0.2, 0.25) is 0 Å². The Kier molecular flexibility index (Phi) is 6.17. The number of anilines is 1. The van der Waals surface area contributed by atoms with Crippen molar-refractivity contribution in [1.82, 2.24) is 14.9 Å². The molecule has 5 rings (SSSR count). The van der Waals surface area contributed by atoms with Gasteiger partial charge in [-0.1, -0.05) is 34.1 Å². The Labute approximate surface area is 217 Å². The Morgan fingerprint density at radius 3 is 2.46 bits per heavy atom. The third-order valence-electron chi connectivity index (χ3n) is 6.37. The molecule has 0 saturated carbocycles. The van der Waals surface area contributed by atoms with E-state index in [1.807, 2.05) is 73.0 Å². The maximum Gasteiger partial charge on any atom is 0.337 e. The normalized spacial score (nSPS) is 17.5. The highest BCUT2D eigenvalue weighted by atomic mass is 79.9. The Bertz CT molecular complexity index is 1420. The Balaban J connectivity index is 1.70. The van der Waals surface area contributed by atoms with Gasteiger partial charge in [0, 0.05) is 27.7 Å². The Morgan fingerprint density at radius 2 is 1.77 bits per heavy atom. The number of pyridine rings is 1. The summed E-state index contributed by atoms with van der Waals surface area (Å²) in [5, 5.41) is 13.9. The quantitative estimate of drug-likeness (QED) is 0.293. The van der Waals surface area contributed by atoms with Crippen LogP contribution in [0.5, 0.6) is 0 Å². The van der Waals surface area contributed by atoms with Crippen LogP contribution in [-0.2, 0) is 0 Å². The van der Waals surface area contributed by atoms with Crippen molar-refractivity contribution < 1.29 is 9.90 Å². The van der Waals surface area contributed by atoms with E-state index in [0.717, 1.165) is 32.8 Å². The molecule has 3 heterocycles. The number of hydrogen-bond donors (Lipinski definition) is 2. The van der Waals surface area contributed by atoms with Crippen molar-refractivity contribution in [3.63, 3.8) is 0 Å². The summed E-state index contributed by atoms with van der Waals surface area (Å²) in [6.07, 6.45) is 1.78. The van der Waals surface area contributed by atoms with Gasteiger partial charge in [0.05, 0.1) is 29.0 Å². The van der Waals surface area contributed by atoms with Crippen LogP contribution in [0.1, 0.15) is 45.1 Å². The predicted molar refractivity (Wildman–Crippen MR) is 144 cm³/mol. The SMILES string of the molecule is Cc1cc(C2C(c3ccccn3)NC(=S)N2c2ccc(Br)cc2)c(C)n1-c1ccccc1C(=O)O. The van der Waals surface area contributed by atoms with Crippen molar-refractivity contribution >= 4 is 44.9 Å². The maximum atomic E-state index is 12.0. The second kappa shape index (κ2) is 9.28. The molecule has 176 valence electrons. The number of rotatable bonds is 5. The summed E-state index contributed by atoms with van der Waals surface area (Å²) in [5.74, 6) is -0.957. The van der Waals surface area contributed by atoms with Crippen LogP contribution in [0.4, 0.5) is 5.69 Å². The van der Waals surface area contributed by atoms with E-state index in [4.69, 9.17) is 12.2 Å². The lowest BCUT2D eigenvalue weighted by atomic mass is 9.96. The highest BCUT2D eigenvalue weighted by Crippen LogP contribution is 2.44. The number of thiocarbonyl (C=S) groups is 1. The summed E-state index contributed by atoms with van der Waals surface area (Å²) < 4.78 is 3.00. The minimum Gasteiger partial charge on any atom is -0.478 e. The minimum absolute atomic E-state index is 0.184. The van der Waals surface area contributed by atoms with Gasteiger partial charge >= 0.3 is 5.97 Å². The van der Waals surface area contributed by atoms with Gasteiger partial charge in [0.25, 0.3) is 0 Å². The largest absolute Gasteiger partial charge is 0.478 e. The summed E-state index contributed by atoms with van der Waals surface area (Å²) in [4.78, 5) is 18.7. The van der Waals surface area contributed by atoms with Gasteiger partial charge in [-0.05, 0) is 86.2 Å². The number of nitrogens with one attached hydrogen (secondary N) is 1. The van der Waals surface area contributed by atoms with Crippen molar-refractivity contribution in [3.8, 4) is 5.69 Å². The molecule has 0 aliphatic carbocycles. The van der Waals surface area contributed by atoms with Crippen molar-refractivity contribution in [2.75, 3.05) is 4.90 Å². The third kappa shape index (κ3) is 4.13. The first-order valence-corrected chi connectivity index (χ1v) is 12.3. The number of carboxylic acids is 1. The average molecular weight is 547 g/mol. The van der Waals surface area contributed by atoms with Crippen molar-refractivity contribution in [1.29, 1.82) is 0 Å². The van der Waals surface area contributed by atoms with Gasteiger partial charge in [-0.3, -0.25) is 4.98 Å². The molecule has 2 aromatic heterocycles. The van der Waals surface area contributed by atoms with E-state index in [1.165, 1.54) is 0 Å². The van der Waals surface area contributed by atoms with Crippen molar-refractivity contribution in [2.45, 2.75) is 25.9 Å². The van der Waals surface area contributed by atoms with Crippen LogP contribution in [-0.4, -0.2) is 25.7 Å². The smallest absolute Gasteiger partial charge is 0.337 e. The summed E-state index contributed by atoms with van der Waals surface area (Å²) in [5.41, 5.74) is 5.69. The molecule has 2 aromatic carbocycles. The molecule has 1 aliphatic rings. The van der Waals surface area contributed by atoms with Crippen LogP contribution >= 0.6 is 28.1 Å². The molecule has 1 saturated heterocycles. The number of benzene rings is 2. The topological polar surface area (TPSA) is 70.4 Å². The fraction of sp³-hybridized carbons (Fsp3) is 0.148. The number of carboxylic acid groups (broad SMARTS) is 1. The van der Waals surface area contributed by atoms with E-state index in [-0.39, 0.29) is 17.6 Å². The molecule has 4 aromatic rings. The highest BCUT2D eigenvalue weighted by Gasteiger charge is 2.42. The number of para-hydroxylation sites is 1. The van der Waals surface area contributed by atoms with Crippen LogP contribution in [0, 0.1) is 13.8 Å². The molecule has 2 unspecified atom stereocenters. The van der Waals surface area contributed by atoms with E-state index in [0.29, 0.717) is 10.8 Å². The number of hydrogen-bond acceptors (Lipinski definition) is 3. The van der Waals surface area contributed by atoms with Crippen molar-refractivity contribution in [2.24, 2.45) is 0 Å². The zero-order valence-electron chi connectivity index (χ0n) is 19.1. The molecule has 0 spiro atoms. The second-order valence-corrected chi connectivity index (χ2v) is 9.76. The number of nitrogens with zero attached hydrogens (tertiary/aromatic N) is 3. The summed E-state index contributed by atoms with van der Waals surface area (Å²) in [7, 11) is 0. The molecule has 2 atom stereocenters. The Hall–Kier alpha value is -3.49. The fourth-order valence-electron chi connectivity index (χ4n) is 4.86. The molecule has 1 aliphatic heterocycles. The number of aryl methyl sites for hydroxylation is 1. The Morgan fingerprint density at radius 1 is 1.06 bits per heavy atom. The van der Waals surface area contributed by atoms with Crippen LogP contribution < -0.4 is 10.2 Å². The second-order valence-electron chi connectivity index (χ2n) is 8.46. The van der Waals surface area contributed by atoms with Gasteiger partial charge in [0.1, 0.15) is 0 Å². The summed E-state index contributed by atoms with van der Waals surface area (Å²) in [6, 6.07) is 22.7. The lowest BCUT2D eigenvalue weighted by Gasteiger charge is -2.28. The molecule has 0 bridgehead atoms. The lowest BCUT2D eigenvalue weighted by molar-refractivity contribution is 0.0697. The zero-order valence-corrected chi connectivity index (χ0v) is 21.5. The predicted octanol–water partition coefficient (Wildman–Crippen LogP) is 6.13. The minimum atomic E-state index is -0.957. The van der Waals surface area contributed by atoms with Crippen LogP contribution in [0.2, 0.25) is 0 Å². The number of aromatic carboxylic acids is 1. The summed E-state index contributed by atoms with van der Waals surface area (Å²) >= 11 is 9.35. The first kappa shape index (κ1) is 23.3. The van der Waals surface area contributed by atoms with Gasteiger partial charge in [-0.15, -0.1) is 0 Å². The first-order valence-electron chi connectivity index (χ1n) is 11.1. The average Bonchev–Trinajstić information content (AvgIpc) is 3.35. The molecule has 1 fully saturated rings. The monoisotopic (exact) mass is 546 g/mol. The van der Waals surface area contributed by atoms with E-state index < -0.39 is 5.97 Å². The number of aromatic nitrogens is 2. The fourth-order valence-corrected chi connectivity index (χ4v) is 5.47. The molecular weight excluding hydrogens is 524 g/mol. The van der Waals surface area contributed by atoms with Crippen LogP contribution in [0.15, 0.2) is 83.5 Å². The molecular formula is C27H23BrN4O2S. The lowest BCUT2D eigenvalue weighted by Crippen LogP contribution is -2.29. The molecule has 0 radical (unpaired) electrons. The van der Waals surface area contributed by atoms with E-state index in [9.17, 15) is 9.90 Å². The number of carbonyl (C=O) groups is 1. The van der Waals surface area contributed by atoms with E-state index in [1.54, 1.807) is 18.3 Å². The number of halogens is 1. The van der Waals surface area contributed by atoms with Gasteiger partial charge in [-0.25, -0.2) is 4.79 Å². The van der Waals surface area contributed by atoms with Gasteiger partial charge in [0.15, 0.2) is 5.11 Å². The summed E-state index contributed by atoms with van der Waals surface area (Å²) in [6.45, 7) is 4.02. The zero-order chi connectivity index (χ0) is 24.7. The maximum absolute atomic E-state index is 12.0. The van der Waals surface area contributed by atoms with E-state index in [2.05, 4.69) is 37.2 Å². The van der Waals surface area contributed by atoms with Crippen LogP contribution in [0.25, 0.3) is 5.69 Å². The highest BCUT2D eigenvalue weighted by molar-refractivity contribution is 9.10. The molecule has 35 heavy (non-hydrogen) atoms. The van der Waals surface area contributed by atoms with E-state index >= 15 is 0 Å². The van der Waals surface area contributed by atoms with Gasteiger partial charge < -0.3 is 19.9 Å². The molecule has 8 heteroatoms.